The van der Waals surface area contributed by atoms with Crippen molar-refractivity contribution in [3.63, 3.8) is 0 Å². The predicted molar refractivity (Wildman–Crippen MR) is 102 cm³/mol. The number of carbonyl (C=O) groups is 3. The second-order valence-electron chi connectivity index (χ2n) is 6.46. The van der Waals surface area contributed by atoms with E-state index in [1.54, 1.807) is 30.2 Å². The summed E-state index contributed by atoms with van der Waals surface area (Å²) < 4.78 is 9.83. The summed E-state index contributed by atoms with van der Waals surface area (Å²) in [6, 6.07) is 13.9. The van der Waals surface area contributed by atoms with E-state index in [2.05, 4.69) is 4.74 Å². The van der Waals surface area contributed by atoms with Crippen LogP contribution in [-0.2, 0) is 16.1 Å². The molecule has 1 aliphatic heterocycles. The summed E-state index contributed by atoms with van der Waals surface area (Å²) in [5.41, 5.74) is 1.66. The van der Waals surface area contributed by atoms with Gasteiger partial charge in [-0.25, -0.2) is 4.79 Å². The van der Waals surface area contributed by atoms with Crippen LogP contribution in [-0.4, -0.2) is 61.4 Å². The third-order valence-electron chi connectivity index (χ3n) is 4.67. The maximum absolute atomic E-state index is 12.7. The molecule has 0 saturated carbocycles. The number of piperazine rings is 1. The molecule has 0 bridgehead atoms. The minimum absolute atomic E-state index is 0.0113. The highest BCUT2D eigenvalue weighted by Crippen LogP contribution is 2.16. The van der Waals surface area contributed by atoms with Gasteiger partial charge in [0.15, 0.2) is 0 Å². The molecule has 1 aliphatic rings. The van der Waals surface area contributed by atoms with Crippen molar-refractivity contribution in [1.29, 1.82) is 0 Å². The molecule has 2 aromatic rings. The largest absolute Gasteiger partial charge is 0.497 e. The van der Waals surface area contributed by atoms with Crippen molar-refractivity contribution in [3.05, 3.63) is 65.2 Å². The molecule has 2 amide bonds. The van der Waals surface area contributed by atoms with Crippen molar-refractivity contribution in [2.24, 2.45) is 0 Å². The molecular formula is C21H22N2O5. The number of hydrogen-bond donors (Lipinski definition) is 0. The van der Waals surface area contributed by atoms with Crippen LogP contribution in [0.15, 0.2) is 48.5 Å². The number of esters is 1. The summed E-state index contributed by atoms with van der Waals surface area (Å²) in [4.78, 5) is 40.1. The minimum atomic E-state index is -0.505. The third kappa shape index (κ3) is 4.31. The van der Waals surface area contributed by atoms with E-state index < -0.39 is 5.97 Å². The van der Waals surface area contributed by atoms with E-state index in [1.165, 1.54) is 18.1 Å². The van der Waals surface area contributed by atoms with Crippen molar-refractivity contribution in [1.82, 2.24) is 9.80 Å². The van der Waals surface area contributed by atoms with Gasteiger partial charge in [-0.2, -0.15) is 0 Å². The zero-order valence-corrected chi connectivity index (χ0v) is 15.9. The van der Waals surface area contributed by atoms with Crippen molar-refractivity contribution < 1.29 is 23.9 Å². The molecule has 28 heavy (non-hydrogen) atoms. The Bertz CT molecular complexity index is 879. The molecule has 0 N–H and O–H groups in total. The summed E-state index contributed by atoms with van der Waals surface area (Å²) in [5, 5.41) is 0. The Balaban J connectivity index is 1.63. The molecule has 146 valence electrons. The van der Waals surface area contributed by atoms with Crippen molar-refractivity contribution in [2.45, 2.75) is 6.54 Å². The molecule has 0 radical (unpaired) electrons. The van der Waals surface area contributed by atoms with Crippen LogP contribution in [0.3, 0.4) is 0 Å². The average Bonchev–Trinajstić information content (AvgIpc) is 2.74. The van der Waals surface area contributed by atoms with Crippen molar-refractivity contribution in [2.75, 3.05) is 33.9 Å². The van der Waals surface area contributed by atoms with E-state index in [9.17, 15) is 14.4 Å². The van der Waals surface area contributed by atoms with Gasteiger partial charge in [0, 0.05) is 25.2 Å². The van der Waals surface area contributed by atoms with Gasteiger partial charge < -0.3 is 19.3 Å². The van der Waals surface area contributed by atoms with Gasteiger partial charge in [0.1, 0.15) is 12.3 Å². The Morgan fingerprint density at radius 3 is 2.36 bits per heavy atom. The summed E-state index contributed by atoms with van der Waals surface area (Å²) in [6.07, 6.45) is 0. The lowest BCUT2D eigenvalue weighted by Crippen LogP contribution is -2.51. The quantitative estimate of drug-likeness (QED) is 0.739. The molecule has 2 aromatic carbocycles. The number of benzene rings is 2. The van der Waals surface area contributed by atoms with Gasteiger partial charge in [-0.15, -0.1) is 0 Å². The van der Waals surface area contributed by atoms with Crippen LogP contribution in [0.1, 0.15) is 26.3 Å². The zero-order valence-electron chi connectivity index (χ0n) is 15.9. The van der Waals surface area contributed by atoms with Gasteiger partial charge >= 0.3 is 5.97 Å². The van der Waals surface area contributed by atoms with Crippen LogP contribution >= 0.6 is 0 Å². The van der Waals surface area contributed by atoms with E-state index in [1.807, 2.05) is 24.3 Å². The number of nitrogens with zero attached hydrogens (tertiary/aromatic N) is 2. The van der Waals surface area contributed by atoms with E-state index >= 15 is 0 Å². The van der Waals surface area contributed by atoms with E-state index in [4.69, 9.17) is 4.74 Å². The van der Waals surface area contributed by atoms with Crippen LogP contribution in [0.2, 0.25) is 0 Å². The maximum atomic E-state index is 12.7. The highest BCUT2D eigenvalue weighted by Gasteiger charge is 2.28. The lowest BCUT2D eigenvalue weighted by atomic mass is 10.1. The number of amides is 2. The number of ether oxygens (including phenoxy) is 2. The topological polar surface area (TPSA) is 76.2 Å². The van der Waals surface area contributed by atoms with Crippen LogP contribution in [0, 0.1) is 0 Å². The number of carbonyl (C=O) groups excluding carboxylic acids is 3. The fourth-order valence-corrected chi connectivity index (χ4v) is 3.08. The molecule has 1 saturated heterocycles. The molecule has 0 atom stereocenters. The Kier molecular flexibility index (Phi) is 5.93. The number of hydrogen-bond acceptors (Lipinski definition) is 5. The number of rotatable bonds is 5. The molecule has 7 heteroatoms. The molecule has 1 fully saturated rings. The summed E-state index contributed by atoms with van der Waals surface area (Å²) >= 11 is 0. The zero-order chi connectivity index (χ0) is 20.1. The van der Waals surface area contributed by atoms with Gasteiger partial charge in [-0.3, -0.25) is 9.59 Å². The molecule has 1 heterocycles. The minimum Gasteiger partial charge on any atom is -0.497 e. The molecule has 0 aromatic heterocycles. The summed E-state index contributed by atoms with van der Waals surface area (Å²) in [6.45, 7) is 1.39. The molecule has 0 spiro atoms. The summed E-state index contributed by atoms with van der Waals surface area (Å²) in [7, 11) is 2.90. The standard InChI is InChI=1S/C21H22N2O5/c1-27-18-8-6-15(7-9-18)13-22-10-11-23(14-19(22)24)20(25)16-4-3-5-17(12-16)21(26)28-2/h3-9,12H,10-11,13-14H2,1-2H3. The lowest BCUT2D eigenvalue weighted by Gasteiger charge is -2.34. The van der Waals surface area contributed by atoms with Gasteiger partial charge in [-0.05, 0) is 35.9 Å². The molecule has 0 aliphatic carbocycles. The van der Waals surface area contributed by atoms with Gasteiger partial charge in [-0.1, -0.05) is 18.2 Å². The second kappa shape index (κ2) is 8.56. The highest BCUT2D eigenvalue weighted by molar-refractivity contribution is 5.99. The first-order valence-electron chi connectivity index (χ1n) is 8.90. The highest BCUT2D eigenvalue weighted by atomic mass is 16.5. The third-order valence-corrected chi connectivity index (χ3v) is 4.67. The second-order valence-corrected chi connectivity index (χ2v) is 6.46. The predicted octanol–water partition coefficient (Wildman–Crippen LogP) is 1.97. The average molecular weight is 382 g/mol. The molecule has 0 unspecified atom stereocenters. The first-order valence-corrected chi connectivity index (χ1v) is 8.90. The van der Waals surface area contributed by atoms with Crippen molar-refractivity contribution in [3.8, 4) is 5.75 Å². The van der Waals surface area contributed by atoms with E-state index in [0.717, 1.165) is 11.3 Å². The Morgan fingerprint density at radius 2 is 1.71 bits per heavy atom. The summed E-state index contributed by atoms with van der Waals surface area (Å²) in [5.74, 6) is -0.127. The van der Waals surface area contributed by atoms with Gasteiger partial charge in [0.05, 0.1) is 19.8 Å². The smallest absolute Gasteiger partial charge is 0.337 e. The first kappa shape index (κ1) is 19.4. The lowest BCUT2D eigenvalue weighted by molar-refractivity contribution is -0.135. The SMILES string of the molecule is COC(=O)c1cccc(C(=O)N2CCN(Cc3ccc(OC)cc3)C(=O)C2)c1. The Hall–Kier alpha value is -3.35. The van der Waals surface area contributed by atoms with E-state index in [0.29, 0.717) is 30.8 Å². The normalized spacial score (nSPS) is 14.0. The monoisotopic (exact) mass is 382 g/mol. The number of methoxy groups -OCH3 is 2. The molecule has 7 nitrogen and oxygen atoms in total. The fourth-order valence-electron chi connectivity index (χ4n) is 3.08. The molecular weight excluding hydrogens is 360 g/mol. The van der Waals surface area contributed by atoms with Crippen LogP contribution in [0.4, 0.5) is 0 Å². The molecule has 3 rings (SSSR count). The van der Waals surface area contributed by atoms with Crippen molar-refractivity contribution >= 4 is 17.8 Å². The first-order chi connectivity index (χ1) is 13.5. The fraction of sp³-hybridized carbons (Fsp3) is 0.286. The Labute approximate surface area is 163 Å². The van der Waals surface area contributed by atoms with Gasteiger partial charge in [0.25, 0.3) is 5.91 Å². The van der Waals surface area contributed by atoms with Gasteiger partial charge in [0.2, 0.25) is 5.91 Å². The van der Waals surface area contributed by atoms with E-state index in [-0.39, 0.29) is 18.4 Å². The van der Waals surface area contributed by atoms with Crippen LogP contribution in [0.25, 0.3) is 0 Å². The maximum Gasteiger partial charge on any atom is 0.337 e. The van der Waals surface area contributed by atoms with Crippen LogP contribution < -0.4 is 4.74 Å². The van der Waals surface area contributed by atoms with Crippen LogP contribution in [0.5, 0.6) is 5.75 Å². The Morgan fingerprint density at radius 1 is 1.00 bits per heavy atom.